The second-order valence-electron chi connectivity index (χ2n) is 9.74. The Bertz CT molecular complexity index is 1150. The summed E-state index contributed by atoms with van der Waals surface area (Å²) in [6, 6.07) is 4.68. The van der Waals surface area contributed by atoms with Gasteiger partial charge in [-0.3, -0.25) is 9.67 Å². The van der Waals surface area contributed by atoms with Crippen LogP contribution >= 0.6 is 0 Å². The SMILES string of the molecule is CCC(C)c1nc2c(cc1C#N)N(c1nn(C3CCOCC3)c3c1CN(C(=O)OC)CC3)CCC2. The fourth-order valence-electron chi connectivity index (χ4n) is 5.54. The zero-order valence-electron chi connectivity index (χ0n) is 20.9. The van der Waals surface area contributed by atoms with Crippen LogP contribution in [0.5, 0.6) is 0 Å². The van der Waals surface area contributed by atoms with E-state index in [-0.39, 0.29) is 12.0 Å². The summed E-state index contributed by atoms with van der Waals surface area (Å²) in [5.74, 6) is 1.11. The van der Waals surface area contributed by atoms with E-state index >= 15 is 0 Å². The quantitative estimate of drug-likeness (QED) is 0.649. The van der Waals surface area contributed by atoms with Gasteiger partial charge in [0.25, 0.3) is 0 Å². The molecule has 2 aromatic rings. The Kier molecular flexibility index (Phi) is 6.65. The Balaban J connectivity index is 1.60. The van der Waals surface area contributed by atoms with Crippen molar-refractivity contribution in [2.45, 2.75) is 70.9 Å². The van der Waals surface area contributed by atoms with Gasteiger partial charge >= 0.3 is 6.09 Å². The molecule has 2 aromatic heterocycles. The zero-order chi connectivity index (χ0) is 24.5. The lowest BCUT2D eigenvalue weighted by Crippen LogP contribution is -2.37. The van der Waals surface area contributed by atoms with Gasteiger partial charge in [0.05, 0.1) is 42.3 Å². The monoisotopic (exact) mass is 478 g/mol. The van der Waals surface area contributed by atoms with Crippen LogP contribution in [0.25, 0.3) is 0 Å². The predicted molar refractivity (Wildman–Crippen MR) is 131 cm³/mol. The van der Waals surface area contributed by atoms with Gasteiger partial charge in [0.1, 0.15) is 6.07 Å². The normalized spacial score (nSPS) is 19.0. The number of methoxy groups -OCH3 is 1. The summed E-state index contributed by atoms with van der Waals surface area (Å²) in [4.78, 5) is 21.4. The highest BCUT2D eigenvalue weighted by Gasteiger charge is 2.34. The maximum atomic E-state index is 12.4. The lowest BCUT2D eigenvalue weighted by molar-refractivity contribution is 0.0649. The van der Waals surface area contributed by atoms with Gasteiger partial charge in [0.15, 0.2) is 5.82 Å². The van der Waals surface area contributed by atoms with Crippen LogP contribution in [0.4, 0.5) is 16.3 Å². The zero-order valence-corrected chi connectivity index (χ0v) is 20.9. The number of nitrogens with zero attached hydrogens (tertiary/aromatic N) is 6. The van der Waals surface area contributed by atoms with Crippen LogP contribution in [-0.2, 0) is 28.9 Å². The van der Waals surface area contributed by atoms with Crippen LogP contribution in [0.3, 0.4) is 0 Å². The molecule has 9 nitrogen and oxygen atoms in total. The molecule has 3 aliphatic rings. The molecule has 5 heterocycles. The van der Waals surface area contributed by atoms with E-state index in [2.05, 4.69) is 29.5 Å². The molecule has 5 rings (SSSR count). The molecule has 1 fully saturated rings. The first-order valence-corrected chi connectivity index (χ1v) is 12.8. The number of aryl methyl sites for hydroxylation is 1. The third kappa shape index (κ3) is 4.25. The number of fused-ring (bicyclic) bond motifs is 2. The molecular weight excluding hydrogens is 444 g/mol. The Morgan fingerprint density at radius 1 is 1.31 bits per heavy atom. The summed E-state index contributed by atoms with van der Waals surface area (Å²) in [6.07, 6.45) is 5.09. The fraction of sp³-hybridized carbons (Fsp3) is 0.615. The van der Waals surface area contributed by atoms with E-state index < -0.39 is 0 Å². The van der Waals surface area contributed by atoms with Gasteiger partial charge < -0.3 is 19.3 Å². The number of rotatable bonds is 4. The van der Waals surface area contributed by atoms with E-state index in [1.165, 1.54) is 12.8 Å². The fourth-order valence-corrected chi connectivity index (χ4v) is 5.54. The number of carbonyl (C=O) groups is 1. The number of amides is 1. The van der Waals surface area contributed by atoms with Crippen molar-refractivity contribution >= 4 is 17.6 Å². The number of hydrogen-bond acceptors (Lipinski definition) is 7. The van der Waals surface area contributed by atoms with Crippen molar-refractivity contribution in [2.75, 3.05) is 38.3 Å². The van der Waals surface area contributed by atoms with E-state index in [9.17, 15) is 10.1 Å². The first kappa shape index (κ1) is 23.6. The second kappa shape index (κ2) is 9.86. The van der Waals surface area contributed by atoms with Gasteiger partial charge in [0.2, 0.25) is 0 Å². The van der Waals surface area contributed by atoms with Crippen LogP contribution in [0.2, 0.25) is 0 Å². The lowest BCUT2D eigenvalue weighted by atomic mass is 9.96. The van der Waals surface area contributed by atoms with Crippen LogP contribution in [0, 0.1) is 11.3 Å². The molecule has 0 radical (unpaired) electrons. The lowest BCUT2D eigenvalue weighted by Gasteiger charge is -2.32. The van der Waals surface area contributed by atoms with Crippen molar-refractivity contribution in [1.82, 2.24) is 19.7 Å². The molecule has 35 heavy (non-hydrogen) atoms. The Morgan fingerprint density at radius 3 is 2.83 bits per heavy atom. The van der Waals surface area contributed by atoms with E-state index in [4.69, 9.17) is 19.6 Å². The number of nitriles is 1. The summed E-state index contributed by atoms with van der Waals surface area (Å²) < 4.78 is 12.8. The van der Waals surface area contributed by atoms with Crippen molar-refractivity contribution in [3.05, 3.63) is 34.3 Å². The molecule has 186 valence electrons. The maximum absolute atomic E-state index is 12.4. The van der Waals surface area contributed by atoms with Crippen LogP contribution in [0.15, 0.2) is 6.07 Å². The summed E-state index contributed by atoms with van der Waals surface area (Å²) in [5, 5.41) is 15.1. The summed E-state index contributed by atoms with van der Waals surface area (Å²) >= 11 is 0. The van der Waals surface area contributed by atoms with E-state index in [0.29, 0.717) is 24.7 Å². The molecule has 0 spiro atoms. The molecule has 1 unspecified atom stereocenters. The van der Waals surface area contributed by atoms with Crippen molar-refractivity contribution in [2.24, 2.45) is 0 Å². The van der Waals surface area contributed by atoms with Crippen molar-refractivity contribution < 1.29 is 14.3 Å². The molecule has 1 amide bonds. The van der Waals surface area contributed by atoms with Gasteiger partial charge in [-0.2, -0.15) is 10.4 Å². The van der Waals surface area contributed by atoms with Crippen LogP contribution < -0.4 is 4.90 Å². The van der Waals surface area contributed by atoms with Crippen molar-refractivity contribution in [3.63, 3.8) is 0 Å². The first-order chi connectivity index (χ1) is 17.0. The molecule has 9 heteroatoms. The van der Waals surface area contributed by atoms with Crippen LogP contribution in [-0.4, -0.2) is 59.2 Å². The Labute approximate surface area is 206 Å². The maximum Gasteiger partial charge on any atom is 0.409 e. The Hall–Kier alpha value is -3.12. The number of carbonyl (C=O) groups excluding carboxylic acids is 1. The summed E-state index contributed by atoms with van der Waals surface area (Å²) in [6.45, 7) is 7.62. The Morgan fingerprint density at radius 2 is 2.11 bits per heavy atom. The summed E-state index contributed by atoms with van der Waals surface area (Å²) in [5.41, 5.74) is 5.80. The van der Waals surface area contributed by atoms with Crippen molar-refractivity contribution in [3.8, 4) is 6.07 Å². The highest BCUT2D eigenvalue weighted by Crippen LogP contribution is 2.40. The molecule has 3 aliphatic heterocycles. The standard InChI is InChI=1S/C26H34N6O3/c1-4-17(2)24-18(15-27)14-23-21(28-24)6-5-10-31(23)25-20-16-30(26(33)34-3)11-7-22(20)32(29-25)19-8-12-35-13-9-19/h14,17,19H,4-13,16H2,1-3H3. The highest BCUT2D eigenvalue weighted by molar-refractivity contribution is 5.72. The van der Waals surface area contributed by atoms with Gasteiger partial charge in [-0.05, 0) is 44.1 Å². The van der Waals surface area contributed by atoms with Gasteiger partial charge in [-0.15, -0.1) is 0 Å². The molecule has 0 N–H and O–H groups in total. The third-order valence-electron chi connectivity index (χ3n) is 7.68. The van der Waals surface area contributed by atoms with E-state index in [1.54, 1.807) is 4.90 Å². The average molecular weight is 479 g/mol. The highest BCUT2D eigenvalue weighted by atomic mass is 16.5. The minimum atomic E-state index is -0.314. The van der Waals surface area contributed by atoms with Gasteiger partial charge in [-0.25, -0.2) is 4.79 Å². The minimum Gasteiger partial charge on any atom is -0.453 e. The molecule has 0 aliphatic carbocycles. The first-order valence-electron chi connectivity index (χ1n) is 12.8. The molecule has 1 saturated heterocycles. The number of ether oxygens (including phenoxy) is 2. The van der Waals surface area contributed by atoms with Gasteiger partial charge in [-0.1, -0.05) is 13.8 Å². The van der Waals surface area contributed by atoms with E-state index in [1.807, 2.05) is 6.07 Å². The summed E-state index contributed by atoms with van der Waals surface area (Å²) in [7, 11) is 1.43. The number of hydrogen-bond donors (Lipinski definition) is 0. The van der Waals surface area contributed by atoms with Crippen molar-refractivity contribution in [1.29, 1.82) is 5.26 Å². The molecule has 1 atom stereocenters. The largest absolute Gasteiger partial charge is 0.453 e. The van der Waals surface area contributed by atoms with Gasteiger partial charge in [0, 0.05) is 44.0 Å². The number of aromatic nitrogens is 3. The van der Waals surface area contributed by atoms with E-state index in [0.717, 1.165) is 86.7 Å². The third-order valence-corrected chi connectivity index (χ3v) is 7.68. The molecule has 0 aromatic carbocycles. The topological polar surface area (TPSA) is 96.5 Å². The molecular formula is C26H34N6O3. The second-order valence-corrected chi connectivity index (χ2v) is 9.74. The smallest absolute Gasteiger partial charge is 0.409 e. The minimum absolute atomic E-state index is 0.236. The molecule has 0 bridgehead atoms. The molecule has 0 saturated carbocycles. The number of pyridine rings is 1. The van der Waals surface area contributed by atoms with Crippen LogP contribution in [0.1, 0.15) is 79.7 Å². The number of anilines is 2. The predicted octanol–water partition coefficient (Wildman–Crippen LogP) is 4.22. The average Bonchev–Trinajstić information content (AvgIpc) is 3.30.